The lowest BCUT2D eigenvalue weighted by Crippen LogP contribution is -2.45. The van der Waals surface area contributed by atoms with E-state index >= 15 is 0 Å². The summed E-state index contributed by atoms with van der Waals surface area (Å²) in [4.78, 5) is 28.9. The fourth-order valence-corrected chi connectivity index (χ4v) is 3.48. The maximum atomic E-state index is 12.9. The topological polar surface area (TPSA) is 52.7 Å². The summed E-state index contributed by atoms with van der Waals surface area (Å²) in [7, 11) is 0. The Bertz CT molecular complexity index is 592. The number of carbonyl (C=O) groups excluding carboxylic acids is 2. The summed E-state index contributed by atoms with van der Waals surface area (Å²) in [5.74, 6) is -0.0515. The van der Waals surface area contributed by atoms with Crippen LogP contribution in [0.15, 0.2) is 24.3 Å². The zero-order valence-electron chi connectivity index (χ0n) is 16.5. The van der Waals surface area contributed by atoms with E-state index in [2.05, 4.69) is 24.1 Å². The second-order valence-electron chi connectivity index (χ2n) is 7.28. The van der Waals surface area contributed by atoms with E-state index in [1.165, 1.54) is 12.1 Å². The van der Waals surface area contributed by atoms with Gasteiger partial charge in [-0.05, 0) is 56.5 Å². The lowest BCUT2D eigenvalue weighted by molar-refractivity contribution is -0.133. The maximum Gasteiger partial charge on any atom is 0.236 e. The SMILES string of the molecule is CCCN(CCC)C(=O)CN1CCC(C(=O)NCc2ccc(F)cc2)CC1. The molecule has 1 aromatic carbocycles. The van der Waals surface area contributed by atoms with Crippen molar-refractivity contribution < 1.29 is 14.0 Å². The first kappa shape index (κ1) is 21.4. The number of hydrogen-bond acceptors (Lipinski definition) is 3. The van der Waals surface area contributed by atoms with Crippen molar-refractivity contribution >= 4 is 11.8 Å². The molecule has 1 fully saturated rings. The molecule has 0 aliphatic carbocycles. The van der Waals surface area contributed by atoms with Gasteiger partial charge in [-0.25, -0.2) is 4.39 Å². The molecule has 0 spiro atoms. The van der Waals surface area contributed by atoms with Crippen LogP contribution in [0.5, 0.6) is 0 Å². The molecule has 1 N–H and O–H groups in total. The Morgan fingerprint density at radius 1 is 1.11 bits per heavy atom. The molecule has 2 rings (SSSR count). The highest BCUT2D eigenvalue weighted by molar-refractivity contribution is 5.79. The molecule has 0 aromatic heterocycles. The Morgan fingerprint density at radius 2 is 1.70 bits per heavy atom. The first-order valence-corrected chi connectivity index (χ1v) is 10.1. The van der Waals surface area contributed by atoms with Gasteiger partial charge in [-0.2, -0.15) is 0 Å². The minimum absolute atomic E-state index is 0.0146. The number of hydrogen-bond donors (Lipinski definition) is 1. The van der Waals surface area contributed by atoms with Gasteiger partial charge >= 0.3 is 0 Å². The average Bonchev–Trinajstić information content (AvgIpc) is 2.67. The minimum atomic E-state index is -0.275. The normalized spacial score (nSPS) is 15.5. The fraction of sp³-hybridized carbons (Fsp3) is 0.619. The number of carbonyl (C=O) groups is 2. The molecule has 0 atom stereocenters. The lowest BCUT2D eigenvalue weighted by Gasteiger charge is -2.32. The summed E-state index contributed by atoms with van der Waals surface area (Å²) >= 11 is 0. The van der Waals surface area contributed by atoms with Crippen molar-refractivity contribution in [3.8, 4) is 0 Å². The number of nitrogens with zero attached hydrogens (tertiary/aromatic N) is 2. The van der Waals surface area contributed by atoms with E-state index in [0.29, 0.717) is 13.1 Å². The summed E-state index contributed by atoms with van der Waals surface area (Å²) < 4.78 is 12.9. The molecule has 1 aliphatic heterocycles. The van der Waals surface area contributed by atoms with Crippen LogP contribution >= 0.6 is 0 Å². The van der Waals surface area contributed by atoms with Crippen LogP contribution in [0.25, 0.3) is 0 Å². The molecule has 0 bridgehead atoms. The van der Waals surface area contributed by atoms with Crippen LogP contribution < -0.4 is 5.32 Å². The number of nitrogens with one attached hydrogen (secondary N) is 1. The first-order valence-electron chi connectivity index (χ1n) is 10.1. The van der Waals surface area contributed by atoms with Crippen LogP contribution in [0.1, 0.15) is 45.1 Å². The van der Waals surface area contributed by atoms with Gasteiger partial charge in [0, 0.05) is 25.6 Å². The molecule has 5 nitrogen and oxygen atoms in total. The molecule has 1 saturated heterocycles. The smallest absolute Gasteiger partial charge is 0.236 e. The average molecular weight is 378 g/mol. The number of rotatable bonds is 9. The molecular weight excluding hydrogens is 345 g/mol. The Kier molecular flexibility index (Phi) is 8.72. The van der Waals surface area contributed by atoms with Crippen molar-refractivity contribution in [3.63, 3.8) is 0 Å². The summed E-state index contributed by atoms with van der Waals surface area (Å²) in [5, 5.41) is 2.94. The fourth-order valence-electron chi connectivity index (χ4n) is 3.48. The molecule has 0 saturated carbocycles. The molecule has 6 heteroatoms. The van der Waals surface area contributed by atoms with Gasteiger partial charge in [0.1, 0.15) is 5.82 Å². The molecule has 0 unspecified atom stereocenters. The number of piperidine rings is 1. The monoisotopic (exact) mass is 377 g/mol. The van der Waals surface area contributed by atoms with E-state index in [9.17, 15) is 14.0 Å². The van der Waals surface area contributed by atoms with Gasteiger partial charge in [0.15, 0.2) is 0 Å². The van der Waals surface area contributed by atoms with Crippen LogP contribution in [0.3, 0.4) is 0 Å². The molecule has 1 aromatic rings. The Morgan fingerprint density at radius 3 is 2.26 bits per heavy atom. The van der Waals surface area contributed by atoms with Crippen molar-refractivity contribution in [2.24, 2.45) is 5.92 Å². The summed E-state index contributed by atoms with van der Waals surface area (Å²) in [5.41, 5.74) is 0.889. The van der Waals surface area contributed by atoms with Crippen molar-refractivity contribution in [2.45, 2.75) is 46.1 Å². The van der Waals surface area contributed by atoms with Gasteiger partial charge in [0.2, 0.25) is 11.8 Å². The number of likely N-dealkylation sites (tertiary alicyclic amines) is 1. The lowest BCUT2D eigenvalue weighted by atomic mass is 9.95. The highest BCUT2D eigenvalue weighted by Crippen LogP contribution is 2.18. The van der Waals surface area contributed by atoms with Crippen LogP contribution in [-0.4, -0.2) is 54.3 Å². The maximum absolute atomic E-state index is 12.9. The van der Waals surface area contributed by atoms with E-state index < -0.39 is 0 Å². The van der Waals surface area contributed by atoms with E-state index in [-0.39, 0.29) is 23.5 Å². The van der Waals surface area contributed by atoms with Crippen molar-refractivity contribution in [1.82, 2.24) is 15.1 Å². The van der Waals surface area contributed by atoms with Gasteiger partial charge in [0.05, 0.1) is 6.54 Å². The minimum Gasteiger partial charge on any atom is -0.352 e. The molecule has 1 aliphatic rings. The van der Waals surface area contributed by atoms with Crippen LogP contribution in [0, 0.1) is 11.7 Å². The third kappa shape index (κ3) is 6.94. The van der Waals surface area contributed by atoms with Crippen LogP contribution in [0.2, 0.25) is 0 Å². The van der Waals surface area contributed by atoms with Crippen LogP contribution in [-0.2, 0) is 16.1 Å². The summed E-state index contributed by atoms with van der Waals surface area (Å²) in [6, 6.07) is 6.17. The zero-order chi connectivity index (χ0) is 19.6. The molecule has 27 heavy (non-hydrogen) atoms. The van der Waals surface area contributed by atoms with Crippen molar-refractivity contribution in [3.05, 3.63) is 35.6 Å². The van der Waals surface area contributed by atoms with Crippen molar-refractivity contribution in [2.75, 3.05) is 32.7 Å². The van der Waals surface area contributed by atoms with Crippen LogP contribution in [0.4, 0.5) is 4.39 Å². The standard InChI is InChI=1S/C21H32FN3O2/c1-3-11-25(12-4-2)20(26)16-24-13-9-18(10-14-24)21(27)23-15-17-5-7-19(22)8-6-17/h5-8,18H,3-4,9-16H2,1-2H3,(H,23,27). The Labute approximate surface area is 161 Å². The third-order valence-corrected chi connectivity index (χ3v) is 5.04. The largest absolute Gasteiger partial charge is 0.352 e. The number of halogens is 1. The summed E-state index contributed by atoms with van der Waals surface area (Å²) in [6.07, 6.45) is 3.48. The van der Waals surface area contributed by atoms with Gasteiger partial charge < -0.3 is 10.2 Å². The Balaban J connectivity index is 1.73. The highest BCUT2D eigenvalue weighted by atomic mass is 19.1. The first-order chi connectivity index (χ1) is 13.0. The zero-order valence-corrected chi connectivity index (χ0v) is 16.5. The predicted octanol–water partition coefficient (Wildman–Crippen LogP) is 2.80. The van der Waals surface area contributed by atoms with E-state index in [0.717, 1.165) is 57.4 Å². The molecule has 0 radical (unpaired) electrons. The van der Waals surface area contributed by atoms with E-state index in [1.807, 2.05) is 4.90 Å². The van der Waals surface area contributed by atoms with Gasteiger partial charge in [-0.15, -0.1) is 0 Å². The van der Waals surface area contributed by atoms with Gasteiger partial charge in [-0.1, -0.05) is 26.0 Å². The van der Waals surface area contributed by atoms with Gasteiger partial charge in [0.25, 0.3) is 0 Å². The van der Waals surface area contributed by atoms with Gasteiger partial charge in [-0.3, -0.25) is 14.5 Å². The molecular formula is C21H32FN3O2. The van der Waals surface area contributed by atoms with E-state index in [4.69, 9.17) is 0 Å². The second kappa shape index (κ2) is 11.0. The molecule has 2 amide bonds. The number of amides is 2. The Hall–Kier alpha value is -1.95. The summed E-state index contributed by atoms with van der Waals surface area (Å²) in [6.45, 7) is 8.21. The predicted molar refractivity (Wildman–Crippen MR) is 105 cm³/mol. The number of benzene rings is 1. The third-order valence-electron chi connectivity index (χ3n) is 5.04. The van der Waals surface area contributed by atoms with Crippen molar-refractivity contribution in [1.29, 1.82) is 0 Å². The highest BCUT2D eigenvalue weighted by Gasteiger charge is 2.26. The quantitative estimate of drug-likeness (QED) is 0.720. The second-order valence-corrected chi connectivity index (χ2v) is 7.28. The van der Waals surface area contributed by atoms with E-state index in [1.54, 1.807) is 12.1 Å². The molecule has 1 heterocycles. The molecule has 150 valence electrons.